The molecule has 19 heavy (non-hydrogen) atoms. The summed E-state index contributed by atoms with van der Waals surface area (Å²) in [4.78, 5) is 11.2. The minimum Gasteiger partial charge on any atom is -0.483 e. The van der Waals surface area contributed by atoms with Crippen LogP contribution in [0.5, 0.6) is 5.75 Å². The lowest BCUT2D eigenvalue weighted by molar-refractivity contribution is -0.139. The van der Waals surface area contributed by atoms with Crippen molar-refractivity contribution in [1.82, 2.24) is 5.32 Å². The van der Waals surface area contributed by atoms with Gasteiger partial charge >= 0.3 is 6.18 Å². The molecule has 1 rings (SSSR count). The highest BCUT2D eigenvalue weighted by atomic mass is 19.4. The third kappa shape index (κ3) is 5.19. The molecular weight excluding hydrogens is 259 g/mol. The Balaban J connectivity index is 2.56. The molecule has 3 nitrogen and oxygen atoms in total. The molecule has 0 saturated carbocycles. The summed E-state index contributed by atoms with van der Waals surface area (Å²) in [6.07, 6.45) is -4.41. The number of nitrogens with one attached hydrogen (secondary N) is 1. The Bertz CT molecular complexity index is 446. The van der Waals surface area contributed by atoms with Gasteiger partial charge in [0, 0.05) is 0 Å². The molecule has 6 heteroatoms. The topological polar surface area (TPSA) is 38.3 Å². The molecule has 0 aliphatic rings. The number of alkyl halides is 3. The number of halogens is 3. The minimum absolute atomic E-state index is 0.430. The second kappa shape index (κ2) is 5.95. The predicted octanol–water partition coefficient (Wildman–Crippen LogP) is 2.67. The van der Waals surface area contributed by atoms with Crippen LogP contribution in [0.3, 0.4) is 0 Å². The summed E-state index contributed by atoms with van der Waals surface area (Å²) in [7, 11) is 0. The number of aryl methyl sites for hydroxylation is 3. The number of benzene rings is 1. The van der Waals surface area contributed by atoms with Crippen LogP contribution in [0.1, 0.15) is 16.7 Å². The Morgan fingerprint density at radius 2 is 1.74 bits per heavy atom. The molecule has 0 radical (unpaired) electrons. The molecule has 0 atom stereocenters. The van der Waals surface area contributed by atoms with E-state index in [0.717, 1.165) is 16.7 Å². The van der Waals surface area contributed by atoms with E-state index in [9.17, 15) is 18.0 Å². The van der Waals surface area contributed by atoms with Gasteiger partial charge in [0.15, 0.2) is 6.61 Å². The van der Waals surface area contributed by atoms with Crippen molar-refractivity contribution in [2.24, 2.45) is 0 Å². The number of ether oxygens (including phenoxy) is 1. The van der Waals surface area contributed by atoms with Crippen LogP contribution in [0.2, 0.25) is 0 Å². The smallest absolute Gasteiger partial charge is 0.405 e. The number of hydrogen-bond donors (Lipinski definition) is 1. The zero-order valence-corrected chi connectivity index (χ0v) is 11.0. The molecule has 0 fully saturated rings. The molecular formula is C13H16F3NO2. The van der Waals surface area contributed by atoms with Gasteiger partial charge in [0.25, 0.3) is 5.91 Å². The van der Waals surface area contributed by atoms with Crippen molar-refractivity contribution in [3.8, 4) is 5.75 Å². The summed E-state index contributed by atoms with van der Waals surface area (Å²) in [5.41, 5.74) is 2.76. The summed E-state index contributed by atoms with van der Waals surface area (Å²) >= 11 is 0. The van der Waals surface area contributed by atoms with Gasteiger partial charge in [-0.2, -0.15) is 13.2 Å². The Labute approximate surface area is 109 Å². The lowest BCUT2D eigenvalue weighted by atomic mass is 10.1. The SMILES string of the molecule is Cc1cc(C)c(OCC(=O)NCC(F)(F)F)c(C)c1. The third-order valence-corrected chi connectivity index (χ3v) is 2.44. The normalized spacial score (nSPS) is 11.3. The molecule has 1 amide bonds. The number of hydrogen-bond acceptors (Lipinski definition) is 2. The molecule has 0 bridgehead atoms. The Morgan fingerprint density at radius 1 is 1.21 bits per heavy atom. The summed E-state index contributed by atoms with van der Waals surface area (Å²) in [5.74, 6) is -0.260. The highest BCUT2D eigenvalue weighted by molar-refractivity contribution is 5.77. The molecule has 0 saturated heterocycles. The van der Waals surface area contributed by atoms with Crippen molar-refractivity contribution < 1.29 is 22.7 Å². The van der Waals surface area contributed by atoms with Crippen molar-refractivity contribution >= 4 is 5.91 Å². The van der Waals surface area contributed by atoms with Gasteiger partial charge < -0.3 is 10.1 Å². The first-order valence-electron chi connectivity index (χ1n) is 5.73. The minimum atomic E-state index is -4.41. The molecule has 0 aliphatic heterocycles. The largest absolute Gasteiger partial charge is 0.483 e. The fourth-order valence-electron chi connectivity index (χ4n) is 1.78. The molecule has 1 N–H and O–H groups in total. The number of carbonyl (C=O) groups is 1. The van der Waals surface area contributed by atoms with Crippen molar-refractivity contribution in [2.45, 2.75) is 26.9 Å². The van der Waals surface area contributed by atoms with E-state index in [1.165, 1.54) is 0 Å². The van der Waals surface area contributed by atoms with E-state index in [1.54, 1.807) is 5.32 Å². The molecule has 0 spiro atoms. The van der Waals surface area contributed by atoms with Crippen LogP contribution in [-0.2, 0) is 4.79 Å². The average molecular weight is 275 g/mol. The molecule has 0 unspecified atom stereocenters. The van der Waals surface area contributed by atoms with Crippen molar-refractivity contribution in [3.05, 3.63) is 28.8 Å². The maximum atomic E-state index is 11.9. The van der Waals surface area contributed by atoms with E-state index in [0.29, 0.717) is 5.75 Å². The maximum Gasteiger partial charge on any atom is 0.405 e. The first-order chi connectivity index (χ1) is 8.69. The summed E-state index contributed by atoms with van der Waals surface area (Å²) in [6.45, 7) is 3.80. The summed E-state index contributed by atoms with van der Waals surface area (Å²) < 4.78 is 41.0. The lowest BCUT2D eigenvalue weighted by Crippen LogP contribution is -2.36. The molecule has 106 valence electrons. The van der Waals surface area contributed by atoms with Gasteiger partial charge in [0.05, 0.1) is 0 Å². The summed E-state index contributed by atoms with van der Waals surface area (Å²) in [6, 6.07) is 3.77. The first kappa shape index (κ1) is 15.3. The zero-order valence-electron chi connectivity index (χ0n) is 11.0. The fraction of sp³-hybridized carbons (Fsp3) is 0.462. The average Bonchev–Trinajstić information content (AvgIpc) is 2.23. The highest BCUT2D eigenvalue weighted by Gasteiger charge is 2.27. The Kier molecular flexibility index (Phi) is 4.80. The van der Waals surface area contributed by atoms with Crippen LogP contribution in [0.4, 0.5) is 13.2 Å². The van der Waals surface area contributed by atoms with E-state index < -0.39 is 25.2 Å². The van der Waals surface area contributed by atoms with Crippen LogP contribution in [-0.4, -0.2) is 25.2 Å². The summed E-state index contributed by atoms with van der Waals surface area (Å²) in [5, 5.41) is 1.75. The molecule has 1 aromatic carbocycles. The second-order valence-corrected chi connectivity index (χ2v) is 4.41. The fourth-order valence-corrected chi connectivity index (χ4v) is 1.78. The molecule has 1 aromatic rings. The maximum absolute atomic E-state index is 11.9. The van der Waals surface area contributed by atoms with E-state index >= 15 is 0 Å². The molecule has 0 aliphatic carbocycles. The van der Waals surface area contributed by atoms with Crippen LogP contribution in [0, 0.1) is 20.8 Å². The molecule has 0 aromatic heterocycles. The van der Waals surface area contributed by atoms with Gasteiger partial charge in [0.2, 0.25) is 0 Å². The van der Waals surface area contributed by atoms with E-state index in [-0.39, 0.29) is 0 Å². The Morgan fingerprint density at radius 3 is 2.21 bits per heavy atom. The van der Waals surface area contributed by atoms with Crippen LogP contribution in [0.15, 0.2) is 12.1 Å². The van der Waals surface area contributed by atoms with Crippen LogP contribution >= 0.6 is 0 Å². The Hall–Kier alpha value is -1.72. The highest BCUT2D eigenvalue weighted by Crippen LogP contribution is 2.24. The quantitative estimate of drug-likeness (QED) is 0.917. The van der Waals surface area contributed by atoms with Gasteiger partial charge in [-0.05, 0) is 31.9 Å². The third-order valence-electron chi connectivity index (χ3n) is 2.44. The van der Waals surface area contributed by atoms with Crippen LogP contribution < -0.4 is 10.1 Å². The number of rotatable bonds is 4. The van der Waals surface area contributed by atoms with Crippen molar-refractivity contribution in [3.63, 3.8) is 0 Å². The van der Waals surface area contributed by atoms with Gasteiger partial charge in [0.1, 0.15) is 12.3 Å². The van der Waals surface area contributed by atoms with Gasteiger partial charge in [-0.3, -0.25) is 4.79 Å². The number of carbonyl (C=O) groups excluding carboxylic acids is 1. The van der Waals surface area contributed by atoms with Gasteiger partial charge in [-0.15, -0.1) is 0 Å². The monoisotopic (exact) mass is 275 g/mol. The lowest BCUT2D eigenvalue weighted by Gasteiger charge is -2.13. The van der Waals surface area contributed by atoms with E-state index in [2.05, 4.69) is 0 Å². The molecule has 0 heterocycles. The van der Waals surface area contributed by atoms with Crippen molar-refractivity contribution in [1.29, 1.82) is 0 Å². The van der Waals surface area contributed by atoms with E-state index in [1.807, 2.05) is 32.9 Å². The van der Waals surface area contributed by atoms with Gasteiger partial charge in [-0.1, -0.05) is 17.7 Å². The van der Waals surface area contributed by atoms with Crippen molar-refractivity contribution in [2.75, 3.05) is 13.2 Å². The van der Waals surface area contributed by atoms with Gasteiger partial charge in [-0.25, -0.2) is 0 Å². The van der Waals surface area contributed by atoms with Crippen LogP contribution in [0.25, 0.3) is 0 Å². The standard InChI is InChI=1S/C13H16F3NO2/c1-8-4-9(2)12(10(3)5-8)19-6-11(18)17-7-13(14,15)16/h4-5H,6-7H2,1-3H3,(H,17,18). The van der Waals surface area contributed by atoms with E-state index in [4.69, 9.17) is 4.74 Å². The zero-order chi connectivity index (χ0) is 14.6. The number of amides is 1. The second-order valence-electron chi connectivity index (χ2n) is 4.41. The first-order valence-corrected chi connectivity index (χ1v) is 5.73. The predicted molar refractivity (Wildman–Crippen MR) is 65.2 cm³/mol.